The van der Waals surface area contributed by atoms with Gasteiger partial charge in [-0.05, 0) is 80.0 Å². The first kappa shape index (κ1) is 24.6. The zero-order chi connectivity index (χ0) is 22.0. The fourth-order valence-electron chi connectivity index (χ4n) is 5.48. The van der Waals surface area contributed by atoms with Crippen molar-refractivity contribution >= 4 is 14.3 Å². The molecular weight excluding hydrogens is 383 g/mol. The third-order valence-electron chi connectivity index (χ3n) is 8.23. The largest absolute Gasteiger partial charge is 0.463 e. The Morgan fingerprint density at radius 3 is 2.52 bits per heavy atom. The summed E-state index contributed by atoms with van der Waals surface area (Å²) in [4.78, 5) is 11.6. The standard InChI is InChI=1S/C24H43FO3Si/c1-9-27-22(26)15-14-20(25)17(2)18-12-13-19-21(11-10-16-24(18,19)6)28-29(7,8)23(3,4)5/h14-15,17-21H,9-13,16H2,1-8H3/b15-14+/t17-,18+,19-,20+,21-,24+/m0/s1. The zero-order valence-corrected chi connectivity index (χ0v) is 20.9. The van der Waals surface area contributed by atoms with Crippen LogP contribution in [0.5, 0.6) is 0 Å². The van der Waals surface area contributed by atoms with Crippen LogP contribution >= 0.6 is 0 Å². The molecule has 0 bridgehead atoms. The summed E-state index contributed by atoms with van der Waals surface area (Å²) >= 11 is 0. The number of allylic oxidation sites excluding steroid dienone is 1. The van der Waals surface area contributed by atoms with Gasteiger partial charge in [0, 0.05) is 12.2 Å². The number of esters is 1. The minimum Gasteiger partial charge on any atom is -0.463 e. The molecule has 3 nitrogen and oxygen atoms in total. The third kappa shape index (κ3) is 5.33. The maximum Gasteiger partial charge on any atom is 0.330 e. The van der Waals surface area contributed by atoms with Gasteiger partial charge in [0.05, 0.1) is 6.61 Å². The second-order valence-corrected chi connectivity index (χ2v) is 15.8. The molecule has 0 aromatic rings. The summed E-state index contributed by atoms with van der Waals surface area (Å²) in [6.45, 7) is 18.0. The SMILES string of the molecule is CCOC(=O)/C=C/[C@@H](F)[C@@H](C)[C@H]1CC[C@H]2[C@@H](O[Si](C)(C)C(C)(C)C)CCC[C@]12C. The van der Waals surface area contributed by atoms with Crippen molar-refractivity contribution in [2.75, 3.05) is 6.61 Å². The van der Waals surface area contributed by atoms with Crippen LogP contribution < -0.4 is 0 Å². The number of alkyl halides is 1. The summed E-state index contributed by atoms with van der Waals surface area (Å²) < 4.78 is 26.8. The van der Waals surface area contributed by atoms with Crippen molar-refractivity contribution in [1.29, 1.82) is 0 Å². The summed E-state index contributed by atoms with van der Waals surface area (Å²) in [6.07, 6.45) is 7.45. The number of carbonyl (C=O) groups excluding carboxylic acids is 1. The van der Waals surface area contributed by atoms with Crippen LogP contribution in [-0.4, -0.2) is 33.2 Å². The molecule has 29 heavy (non-hydrogen) atoms. The predicted octanol–water partition coefficient (Wildman–Crippen LogP) is 6.69. The van der Waals surface area contributed by atoms with E-state index in [1.54, 1.807) is 6.92 Å². The molecule has 2 rings (SSSR count). The number of hydrogen-bond acceptors (Lipinski definition) is 3. The fraction of sp³-hybridized carbons (Fsp3) is 0.875. The molecule has 0 saturated heterocycles. The summed E-state index contributed by atoms with van der Waals surface area (Å²) in [6, 6.07) is 0. The molecule has 0 heterocycles. The highest BCUT2D eigenvalue weighted by Gasteiger charge is 2.55. The van der Waals surface area contributed by atoms with Crippen molar-refractivity contribution in [2.45, 2.75) is 104 Å². The van der Waals surface area contributed by atoms with E-state index in [9.17, 15) is 9.18 Å². The lowest BCUT2D eigenvalue weighted by atomic mass is 9.61. The molecule has 0 aromatic carbocycles. The van der Waals surface area contributed by atoms with E-state index in [1.807, 2.05) is 6.92 Å². The lowest BCUT2D eigenvalue weighted by Gasteiger charge is -2.50. The van der Waals surface area contributed by atoms with Crippen molar-refractivity contribution in [3.05, 3.63) is 12.2 Å². The molecule has 6 atom stereocenters. The molecule has 0 radical (unpaired) electrons. The van der Waals surface area contributed by atoms with Crippen LogP contribution in [-0.2, 0) is 14.0 Å². The molecule has 2 fully saturated rings. The molecule has 0 N–H and O–H groups in total. The van der Waals surface area contributed by atoms with Crippen LogP contribution in [0.1, 0.15) is 73.6 Å². The van der Waals surface area contributed by atoms with Crippen molar-refractivity contribution in [1.82, 2.24) is 0 Å². The highest BCUT2D eigenvalue weighted by atomic mass is 28.4. The number of carbonyl (C=O) groups is 1. The van der Waals surface area contributed by atoms with Crippen molar-refractivity contribution in [3.8, 4) is 0 Å². The number of hydrogen-bond donors (Lipinski definition) is 0. The minimum absolute atomic E-state index is 0.109. The Labute approximate surface area is 178 Å². The molecule has 0 amide bonds. The number of rotatable bonds is 7. The van der Waals surface area contributed by atoms with E-state index in [0.29, 0.717) is 24.5 Å². The Morgan fingerprint density at radius 1 is 1.28 bits per heavy atom. The Hall–Kier alpha value is -0.683. The van der Waals surface area contributed by atoms with Crippen molar-refractivity contribution < 1.29 is 18.3 Å². The summed E-state index contributed by atoms with van der Waals surface area (Å²) in [5, 5.41) is 0.202. The van der Waals surface area contributed by atoms with Gasteiger partial charge in [0.2, 0.25) is 0 Å². The Balaban J connectivity index is 2.12. The van der Waals surface area contributed by atoms with Gasteiger partial charge in [0.1, 0.15) is 6.17 Å². The van der Waals surface area contributed by atoms with Gasteiger partial charge in [-0.2, -0.15) is 0 Å². The van der Waals surface area contributed by atoms with Crippen LogP contribution in [0.25, 0.3) is 0 Å². The molecule has 0 aromatic heterocycles. The predicted molar refractivity (Wildman–Crippen MR) is 120 cm³/mol. The van der Waals surface area contributed by atoms with Gasteiger partial charge < -0.3 is 9.16 Å². The van der Waals surface area contributed by atoms with Crippen molar-refractivity contribution in [3.63, 3.8) is 0 Å². The Kier molecular flexibility index (Phi) is 7.81. The van der Waals surface area contributed by atoms with Gasteiger partial charge in [0.15, 0.2) is 8.32 Å². The van der Waals surface area contributed by atoms with E-state index in [1.165, 1.54) is 12.2 Å². The average Bonchev–Trinajstić information content (AvgIpc) is 2.96. The van der Waals surface area contributed by atoms with E-state index in [-0.39, 0.29) is 16.4 Å². The normalized spacial score (nSPS) is 32.8. The topological polar surface area (TPSA) is 35.5 Å². The maximum absolute atomic E-state index is 15.0. The monoisotopic (exact) mass is 426 g/mol. The van der Waals surface area contributed by atoms with E-state index in [0.717, 1.165) is 32.1 Å². The van der Waals surface area contributed by atoms with Gasteiger partial charge >= 0.3 is 5.97 Å². The smallest absolute Gasteiger partial charge is 0.330 e. The van der Waals surface area contributed by atoms with E-state index in [4.69, 9.17) is 9.16 Å². The van der Waals surface area contributed by atoms with Crippen LogP contribution in [0.15, 0.2) is 12.2 Å². The van der Waals surface area contributed by atoms with Crippen LogP contribution in [0.4, 0.5) is 4.39 Å². The number of fused-ring (bicyclic) bond motifs is 1. The maximum atomic E-state index is 15.0. The first-order valence-corrected chi connectivity index (χ1v) is 14.4. The van der Waals surface area contributed by atoms with E-state index in [2.05, 4.69) is 40.8 Å². The minimum atomic E-state index is -1.83. The van der Waals surface area contributed by atoms with Gasteiger partial charge in [-0.15, -0.1) is 0 Å². The van der Waals surface area contributed by atoms with Crippen LogP contribution in [0, 0.1) is 23.2 Å². The second-order valence-electron chi connectivity index (χ2n) is 11.0. The number of ether oxygens (including phenoxy) is 1. The highest BCUT2D eigenvalue weighted by molar-refractivity contribution is 6.74. The lowest BCUT2D eigenvalue weighted by Crippen LogP contribution is -2.50. The Bertz CT molecular complexity index is 597. The highest BCUT2D eigenvalue weighted by Crippen LogP contribution is 2.59. The van der Waals surface area contributed by atoms with Crippen LogP contribution in [0.3, 0.4) is 0 Å². The second kappa shape index (κ2) is 9.21. The Morgan fingerprint density at radius 2 is 1.93 bits per heavy atom. The molecule has 0 unspecified atom stereocenters. The molecule has 2 aliphatic carbocycles. The number of halogens is 1. The molecular formula is C24H43FO3Si. The molecule has 2 saturated carbocycles. The van der Waals surface area contributed by atoms with E-state index >= 15 is 0 Å². The zero-order valence-electron chi connectivity index (χ0n) is 19.9. The summed E-state index contributed by atoms with van der Waals surface area (Å²) in [5.74, 6) is 0.264. The molecule has 2 aliphatic rings. The third-order valence-corrected chi connectivity index (χ3v) is 12.7. The van der Waals surface area contributed by atoms with Gasteiger partial charge in [-0.3, -0.25) is 0 Å². The first-order valence-electron chi connectivity index (χ1n) is 11.5. The quantitative estimate of drug-likeness (QED) is 0.258. The summed E-state index contributed by atoms with van der Waals surface area (Å²) in [7, 11) is -1.83. The van der Waals surface area contributed by atoms with E-state index < -0.39 is 20.5 Å². The summed E-state index contributed by atoms with van der Waals surface area (Å²) in [5.41, 5.74) is 0.118. The molecule has 0 aliphatic heterocycles. The van der Waals surface area contributed by atoms with Gasteiger partial charge in [0.25, 0.3) is 0 Å². The van der Waals surface area contributed by atoms with Crippen molar-refractivity contribution in [2.24, 2.45) is 23.2 Å². The first-order chi connectivity index (χ1) is 13.3. The average molecular weight is 427 g/mol. The molecule has 5 heteroatoms. The molecule has 0 spiro atoms. The van der Waals surface area contributed by atoms with Gasteiger partial charge in [-0.1, -0.05) is 41.0 Å². The van der Waals surface area contributed by atoms with Crippen LogP contribution in [0.2, 0.25) is 18.1 Å². The lowest BCUT2D eigenvalue weighted by molar-refractivity contribution is -0.137. The fourth-order valence-corrected chi connectivity index (χ4v) is 6.87. The van der Waals surface area contributed by atoms with Gasteiger partial charge in [-0.25, -0.2) is 9.18 Å². The molecule has 168 valence electrons.